The van der Waals surface area contributed by atoms with E-state index in [1.807, 2.05) is 48.5 Å². The SMILES string of the molecule is COc1ccc(CCN(C=O)Cc2ccccc2)cc1OC. The van der Waals surface area contributed by atoms with Crippen LogP contribution in [0, 0.1) is 0 Å². The molecule has 0 aromatic heterocycles. The molecule has 0 bridgehead atoms. The Morgan fingerprint density at radius 3 is 2.32 bits per heavy atom. The fourth-order valence-corrected chi connectivity index (χ4v) is 2.30. The van der Waals surface area contributed by atoms with Gasteiger partial charge in [0.05, 0.1) is 14.2 Å². The Kier molecular flexibility index (Phi) is 5.83. The summed E-state index contributed by atoms with van der Waals surface area (Å²) in [4.78, 5) is 13.0. The van der Waals surface area contributed by atoms with E-state index in [0.29, 0.717) is 24.6 Å². The van der Waals surface area contributed by atoms with Crippen LogP contribution < -0.4 is 9.47 Å². The first-order valence-electron chi connectivity index (χ1n) is 7.21. The van der Waals surface area contributed by atoms with E-state index in [2.05, 4.69) is 0 Å². The molecule has 0 atom stereocenters. The predicted octanol–water partition coefficient (Wildman–Crippen LogP) is 2.90. The highest BCUT2D eigenvalue weighted by Crippen LogP contribution is 2.27. The minimum Gasteiger partial charge on any atom is -0.493 e. The number of hydrogen-bond donors (Lipinski definition) is 0. The monoisotopic (exact) mass is 299 g/mol. The van der Waals surface area contributed by atoms with Gasteiger partial charge < -0.3 is 14.4 Å². The molecular weight excluding hydrogens is 278 g/mol. The molecule has 0 radical (unpaired) electrons. The molecule has 0 unspecified atom stereocenters. The molecule has 0 saturated carbocycles. The second-order valence-electron chi connectivity index (χ2n) is 5.00. The second-order valence-corrected chi connectivity index (χ2v) is 5.00. The van der Waals surface area contributed by atoms with E-state index in [0.717, 1.165) is 24.0 Å². The van der Waals surface area contributed by atoms with Gasteiger partial charge in [0.1, 0.15) is 0 Å². The Hall–Kier alpha value is -2.49. The first-order chi connectivity index (χ1) is 10.8. The van der Waals surface area contributed by atoms with E-state index in [1.54, 1.807) is 19.1 Å². The Morgan fingerprint density at radius 2 is 1.68 bits per heavy atom. The number of hydrogen-bond acceptors (Lipinski definition) is 3. The van der Waals surface area contributed by atoms with Crippen molar-refractivity contribution in [2.24, 2.45) is 0 Å². The molecule has 0 aliphatic heterocycles. The van der Waals surface area contributed by atoms with Crippen molar-refractivity contribution in [3.8, 4) is 11.5 Å². The van der Waals surface area contributed by atoms with Crippen molar-refractivity contribution in [3.05, 3.63) is 59.7 Å². The molecule has 4 nitrogen and oxygen atoms in total. The smallest absolute Gasteiger partial charge is 0.210 e. The van der Waals surface area contributed by atoms with Crippen LogP contribution in [0.3, 0.4) is 0 Å². The van der Waals surface area contributed by atoms with Crippen molar-refractivity contribution in [2.75, 3.05) is 20.8 Å². The van der Waals surface area contributed by atoms with Crippen molar-refractivity contribution in [1.82, 2.24) is 4.90 Å². The first-order valence-corrected chi connectivity index (χ1v) is 7.21. The number of nitrogens with zero attached hydrogens (tertiary/aromatic N) is 1. The van der Waals surface area contributed by atoms with E-state index in [1.165, 1.54) is 0 Å². The Morgan fingerprint density at radius 1 is 0.955 bits per heavy atom. The third-order valence-electron chi connectivity index (χ3n) is 3.51. The number of benzene rings is 2. The van der Waals surface area contributed by atoms with E-state index >= 15 is 0 Å². The van der Waals surface area contributed by atoms with Gasteiger partial charge in [-0.25, -0.2) is 0 Å². The van der Waals surface area contributed by atoms with Crippen molar-refractivity contribution in [2.45, 2.75) is 13.0 Å². The Balaban J connectivity index is 1.97. The summed E-state index contributed by atoms with van der Waals surface area (Å²) in [6, 6.07) is 15.8. The van der Waals surface area contributed by atoms with Gasteiger partial charge >= 0.3 is 0 Å². The molecule has 0 aliphatic carbocycles. The van der Waals surface area contributed by atoms with Crippen LogP contribution in [0.5, 0.6) is 11.5 Å². The Labute approximate surface area is 131 Å². The number of ether oxygens (including phenoxy) is 2. The topological polar surface area (TPSA) is 38.8 Å². The van der Waals surface area contributed by atoms with Crippen molar-refractivity contribution in [1.29, 1.82) is 0 Å². The highest BCUT2D eigenvalue weighted by Gasteiger charge is 2.07. The number of carbonyl (C=O) groups is 1. The van der Waals surface area contributed by atoms with Crippen LogP contribution in [0.15, 0.2) is 48.5 Å². The molecule has 1 amide bonds. The summed E-state index contributed by atoms with van der Waals surface area (Å²) < 4.78 is 10.5. The summed E-state index contributed by atoms with van der Waals surface area (Å²) in [7, 11) is 3.24. The molecular formula is C18H21NO3. The molecule has 4 heteroatoms. The number of methoxy groups -OCH3 is 2. The maximum atomic E-state index is 11.2. The van der Waals surface area contributed by atoms with Gasteiger partial charge in [-0.1, -0.05) is 36.4 Å². The van der Waals surface area contributed by atoms with Gasteiger partial charge in [-0.05, 0) is 29.7 Å². The lowest BCUT2D eigenvalue weighted by atomic mass is 10.1. The molecule has 116 valence electrons. The van der Waals surface area contributed by atoms with Crippen molar-refractivity contribution >= 4 is 6.41 Å². The molecule has 2 aromatic rings. The fourth-order valence-electron chi connectivity index (χ4n) is 2.30. The van der Waals surface area contributed by atoms with E-state index < -0.39 is 0 Å². The van der Waals surface area contributed by atoms with Gasteiger partial charge in [0, 0.05) is 13.1 Å². The van der Waals surface area contributed by atoms with Gasteiger partial charge in [-0.2, -0.15) is 0 Å². The van der Waals surface area contributed by atoms with Crippen LogP contribution in [0.2, 0.25) is 0 Å². The van der Waals surface area contributed by atoms with E-state index in [9.17, 15) is 4.79 Å². The number of rotatable bonds is 8. The average molecular weight is 299 g/mol. The third-order valence-corrected chi connectivity index (χ3v) is 3.51. The van der Waals surface area contributed by atoms with Gasteiger partial charge in [0.25, 0.3) is 0 Å². The maximum absolute atomic E-state index is 11.2. The molecule has 0 aliphatic rings. The first kappa shape index (κ1) is 15.9. The summed E-state index contributed by atoms with van der Waals surface area (Å²) in [6.07, 6.45) is 1.67. The molecule has 0 N–H and O–H groups in total. The van der Waals surface area contributed by atoms with Gasteiger partial charge in [-0.15, -0.1) is 0 Å². The quantitative estimate of drug-likeness (QED) is 0.704. The normalized spacial score (nSPS) is 10.1. The van der Waals surface area contributed by atoms with Gasteiger partial charge in [-0.3, -0.25) is 4.79 Å². The lowest BCUT2D eigenvalue weighted by Gasteiger charge is -2.18. The maximum Gasteiger partial charge on any atom is 0.210 e. The summed E-state index contributed by atoms with van der Waals surface area (Å²) >= 11 is 0. The highest BCUT2D eigenvalue weighted by atomic mass is 16.5. The summed E-state index contributed by atoms with van der Waals surface area (Å²) in [6.45, 7) is 1.28. The highest BCUT2D eigenvalue weighted by molar-refractivity contribution is 5.48. The van der Waals surface area contributed by atoms with Crippen molar-refractivity contribution < 1.29 is 14.3 Å². The fraction of sp³-hybridized carbons (Fsp3) is 0.278. The van der Waals surface area contributed by atoms with Crippen LogP contribution in [0.1, 0.15) is 11.1 Å². The molecule has 0 spiro atoms. The zero-order valence-corrected chi connectivity index (χ0v) is 13.0. The zero-order valence-electron chi connectivity index (χ0n) is 13.0. The van der Waals surface area contributed by atoms with Crippen LogP contribution in [-0.2, 0) is 17.8 Å². The minimum atomic E-state index is 0.623. The number of carbonyl (C=O) groups excluding carboxylic acids is 1. The van der Waals surface area contributed by atoms with E-state index in [4.69, 9.17) is 9.47 Å². The zero-order chi connectivity index (χ0) is 15.8. The lowest BCUT2D eigenvalue weighted by Crippen LogP contribution is -2.24. The Bertz CT molecular complexity index is 599. The van der Waals surface area contributed by atoms with Crippen LogP contribution in [0.4, 0.5) is 0 Å². The van der Waals surface area contributed by atoms with Gasteiger partial charge in [0.15, 0.2) is 11.5 Å². The predicted molar refractivity (Wildman–Crippen MR) is 86.2 cm³/mol. The third kappa shape index (κ3) is 4.25. The van der Waals surface area contributed by atoms with Crippen molar-refractivity contribution in [3.63, 3.8) is 0 Å². The molecule has 0 fully saturated rings. The standard InChI is InChI=1S/C18H21NO3/c1-21-17-9-8-15(12-18(17)22-2)10-11-19(14-20)13-16-6-4-3-5-7-16/h3-9,12,14H,10-11,13H2,1-2H3. The largest absolute Gasteiger partial charge is 0.493 e. The summed E-state index contributed by atoms with van der Waals surface area (Å²) in [5.74, 6) is 1.42. The van der Waals surface area contributed by atoms with Crippen LogP contribution >= 0.6 is 0 Å². The minimum absolute atomic E-state index is 0.623. The molecule has 2 aromatic carbocycles. The molecule has 0 heterocycles. The van der Waals surface area contributed by atoms with Gasteiger partial charge in [0.2, 0.25) is 6.41 Å². The second kappa shape index (κ2) is 8.08. The average Bonchev–Trinajstić information content (AvgIpc) is 2.59. The molecule has 2 rings (SSSR count). The molecule has 22 heavy (non-hydrogen) atoms. The molecule has 0 saturated heterocycles. The number of amides is 1. The van der Waals surface area contributed by atoms with Crippen LogP contribution in [-0.4, -0.2) is 32.1 Å². The summed E-state index contributed by atoms with van der Waals surface area (Å²) in [5.41, 5.74) is 2.24. The van der Waals surface area contributed by atoms with Crippen LogP contribution in [0.25, 0.3) is 0 Å². The van der Waals surface area contributed by atoms with E-state index in [-0.39, 0.29) is 0 Å². The lowest BCUT2D eigenvalue weighted by molar-refractivity contribution is -0.118. The summed E-state index contributed by atoms with van der Waals surface area (Å²) in [5, 5.41) is 0.